The molecule has 0 radical (unpaired) electrons. The molecule has 3 aliphatic carbocycles. The summed E-state index contributed by atoms with van der Waals surface area (Å²) in [6.45, 7) is 3.84. The molecule has 3 saturated carbocycles. The van der Waals surface area contributed by atoms with Crippen LogP contribution in [0.15, 0.2) is 41.2 Å². The van der Waals surface area contributed by atoms with Crippen molar-refractivity contribution in [2.45, 2.75) is 50.2 Å². The molecular formula is C24H24FN3O3. The third-order valence-electron chi connectivity index (χ3n) is 6.79. The average Bonchev–Trinajstić information content (AvgIpc) is 2.68. The molecule has 3 fully saturated rings. The van der Waals surface area contributed by atoms with Gasteiger partial charge in [-0.25, -0.2) is 14.2 Å². The summed E-state index contributed by atoms with van der Waals surface area (Å²) in [5.41, 5.74) is 1.44. The van der Waals surface area contributed by atoms with Crippen molar-refractivity contribution in [3.63, 3.8) is 0 Å². The van der Waals surface area contributed by atoms with Gasteiger partial charge in [-0.3, -0.25) is 9.36 Å². The van der Waals surface area contributed by atoms with E-state index in [0.717, 1.165) is 11.1 Å². The topological polar surface area (TPSA) is 84.2 Å². The molecule has 0 spiro atoms. The number of carboxylic acid groups (broad SMARTS) is 1. The van der Waals surface area contributed by atoms with Crippen molar-refractivity contribution >= 4 is 22.6 Å². The second-order valence-electron chi connectivity index (χ2n) is 9.23. The van der Waals surface area contributed by atoms with Crippen LogP contribution in [-0.2, 0) is 12.5 Å². The normalized spacial score (nSPS) is 24.9. The van der Waals surface area contributed by atoms with E-state index in [1.165, 1.54) is 0 Å². The van der Waals surface area contributed by atoms with Gasteiger partial charge in [0.2, 0.25) is 0 Å². The summed E-state index contributed by atoms with van der Waals surface area (Å²) in [6, 6.07) is 10.2. The number of nitrogens with zero attached hydrogens (tertiary/aromatic N) is 2. The van der Waals surface area contributed by atoms with Crippen LogP contribution in [0.25, 0.3) is 10.9 Å². The summed E-state index contributed by atoms with van der Waals surface area (Å²) < 4.78 is 15.8. The lowest BCUT2D eigenvalue weighted by Crippen LogP contribution is -2.68. The van der Waals surface area contributed by atoms with Crippen LogP contribution in [0, 0.1) is 6.92 Å². The third kappa shape index (κ3) is 2.86. The van der Waals surface area contributed by atoms with Gasteiger partial charge in [-0.1, -0.05) is 18.2 Å². The van der Waals surface area contributed by atoms with Gasteiger partial charge >= 0.3 is 5.97 Å². The zero-order valence-electron chi connectivity index (χ0n) is 17.7. The molecule has 3 aromatic rings. The summed E-state index contributed by atoms with van der Waals surface area (Å²) in [5.74, 6) is -0.366. The first-order chi connectivity index (χ1) is 14.6. The zero-order valence-corrected chi connectivity index (χ0v) is 17.7. The van der Waals surface area contributed by atoms with Crippen molar-refractivity contribution < 1.29 is 14.3 Å². The number of para-hydroxylation sites is 1. The van der Waals surface area contributed by atoms with Crippen molar-refractivity contribution in [2.24, 2.45) is 7.05 Å². The minimum absolute atomic E-state index is 0.138. The summed E-state index contributed by atoms with van der Waals surface area (Å²) >= 11 is 0. The van der Waals surface area contributed by atoms with Gasteiger partial charge in [0.25, 0.3) is 5.56 Å². The number of benzene rings is 2. The highest BCUT2D eigenvalue weighted by Gasteiger charge is 2.71. The standard InChI is InChI=1S/C24H24FN3O3/c1-13-8-16(14(2)26-18-7-5-4-6-15(18)21(30)31)19-17(9-13)20(29)28(3)22(27-19)23-10-24(25,11-23)12-23/h4-9,14,26H,10-12H2,1-3H3,(H,30,31)/t14-,23?,24?/m1/s1. The maximum Gasteiger partial charge on any atom is 0.337 e. The van der Waals surface area contributed by atoms with E-state index in [0.29, 0.717) is 41.7 Å². The Bertz CT molecular complexity index is 1290. The molecule has 0 aliphatic heterocycles. The van der Waals surface area contributed by atoms with Crippen molar-refractivity contribution in [1.82, 2.24) is 9.55 Å². The van der Waals surface area contributed by atoms with Crippen LogP contribution >= 0.6 is 0 Å². The molecule has 7 heteroatoms. The van der Waals surface area contributed by atoms with Crippen LogP contribution < -0.4 is 10.9 Å². The second kappa shape index (κ2) is 6.39. The van der Waals surface area contributed by atoms with Gasteiger partial charge in [0, 0.05) is 23.7 Å². The Kier molecular flexibility index (Phi) is 4.07. The molecule has 1 heterocycles. The van der Waals surface area contributed by atoms with E-state index in [9.17, 15) is 19.1 Å². The molecule has 2 bridgehead atoms. The minimum Gasteiger partial charge on any atom is -0.478 e. The summed E-state index contributed by atoms with van der Waals surface area (Å²) in [5, 5.41) is 13.3. The molecule has 0 saturated heterocycles. The van der Waals surface area contributed by atoms with Gasteiger partial charge in [0.15, 0.2) is 0 Å². The van der Waals surface area contributed by atoms with Gasteiger partial charge in [0.1, 0.15) is 11.5 Å². The maximum absolute atomic E-state index is 14.2. The van der Waals surface area contributed by atoms with Gasteiger partial charge in [0.05, 0.1) is 22.5 Å². The van der Waals surface area contributed by atoms with E-state index in [-0.39, 0.29) is 22.6 Å². The maximum atomic E-state index is 14.2. The van der Waals surface area contributed by atoms with Crippen molar-refractivity contribution in [3.8, 4) is 0 Å². The molecule has 1 aromatic heterocycles. The number of aryl methyl sites for hydroxylation is 1. The fourth-order valence-electron chi connectivity index (χ4n) is 5.36. The number of alkyl halides is 1. The van der Waals surface area contributed by atoms with Crippen molar-refractivity contribution in [3.05, 3.63) is 69.3 Å². The number of halogens is 1. The fourth-order valence-corrected chi connectivity index (χ4v) is 5.36. The first kappa shape index (κ1) is 19.7. The second-order valence-corrected chi connectivity index (χ2v) is 9.23. The summed E-state index contributed by atoms with van der Waals surface area (Å²) in [6.07, 6.45) is 1.27. The quantitative estimate of drug-likeness (QED) is 0.643. The lowest BCUT2D eigenvalue weighted by atomic mass is 9.42. The van der Waals surface area contributed by atoms with E-state index < -0.39 is 11.6 Å². The fraction of sp³-hybridized carbons (Fsp3) is 0.375. The monoisotopic (exact) mass is 421 g/mol. The van der Waals surface area contributed by atoms with Gasteiger partial charge < -0.3 is 10.4 Å². The lowest BCUT2D eigenvalue weighted by Gasteiger charge is -2.65. The smallest absolute Gasteiger partial charge is 0.337 e. The SMILES string of the molecule is Cc1cc([C@@H](C)Nc2ccccc2C(=O)O)c2nc(C34CC(F)(C3)C4)n(C)c(=O)c2c1. The highest BCUT2D eigenvalue weighted by atomic mass is 19.1. The Morgan fingerprint density at radius 2 is 1.94 bits per heavy atom. The Hall–Kier alpha value is -3.22. The predicted molar refractivity (Wildman–Crippen MR) is 117 cm³/mol. The highest BCUT2D eigenvalue weighted by Crippen LogP contribution is 2.69. The first-order valence-electron chi connectivity index (χ1n) is 10.4. The van der Waals surface area contributed by atoms with Crippen LogP contribution in [0.4, 0.5) is 10.1 Å². The summed E-state index contributed by atoms with van der Waals surface area (Å²) in [7, 11) is 1.71. The predicted octanol–water partition coefficient (Wildman–Crippen LogP) is 4.26. The van der Waals surface area contributed by atoms with Crippen LogP contribution in [-0.4, -0.2) is 26.3 Å². The molecule has 1 atom stereocenters. The molecule has 6 rings (SSSR count). The molecule has 2 N–H and O–H groups in total. The number of fused-ring (bicyclic) bond motifs is 1. The Morgan fingerprint density at radius 3 is 2.58 bits per heavy atom. The van der Waals surface area contributed by atoms with Crippen LogP contribution in [0.5, 0.6) is 0 Å². The number of aromatic nitrogens is 2. The van der Waals surface area contributed by atoms with Gasteiger partial charge in [-0.05, 0) is 56.9 Å². The number of hydrogen-bond donors (Lipinski definition) is 2. The molecule has 160 valence electrons. The van der Waals surface area contributed by atoms with Crippen LogP contribution in [0.1, 0.15) is 59.5 Å². The molecule has 31 heavy (non-hydrogen) atoms. The van der Waals surface area contributed by atoms with E-state index in [1.807, 2.05) is 26.0 Å². The zero-order chi connectivity index (χ0) is 22.1. The highest BCUT2D eigenvalue weighted by molar-refractivity contribution is 5.94. The van der Waals surface area contributed by atoms with Gasteiger partial charge in [-0.15, -0.1) is 0 Å². The number of nitrogens with one attached hydrogen (secondary N) is 1. The molecule has 2 aromatic carbocycles. The molecule has 0 unspecified atom stereocenters. The van der Waals surface area contributed by atoms with E-state index in [4.69, 9.17) is 4.98 Å². The van der Waals surface area contributed by atoms with E-state index >= 15 is 0 Å². The number of carbonyl (C=O) groups is 1. The largest absolute Gasteiger partial charge is 0.478 e. The molecule has 0 amide bonds. The third-order valence-corrected chi connectivity index (χ3v) is 6.79. The first-order valence-corrected chi connectivity index (χ1v) is 10.4. The Labute approximate surface area is 178 Å². The number of anilines is 1. The molecule has 6 nitrogen and oxygen atoms in total. The summed E-state index contributed by atoms with van der Waals surface area (Å²) in [4.78, 5) is 29.7. The number of aromatic carboxylic acids is 1. The molecule has 3 aliphatic rings. The molecular weight excluding hydrogens is 397 g/mol. The minimum atomic E-state index is -1.09. The number of hydrogen-bond acceptors (Lipinski definition) is 4. The van der Waals surface area contributed by atoms with Crippen LogP contribution in [0.3, 0.4) is 0 Å². The van der Waals surface area contributed by atoms with Crippen LogP contribution in [0.2, 0.25) is 0 Å². The lowest BCUT2D eigenvalue weighted by molar-refractivity contribution is -0.163. The Morgan fingerprint density at radius 1 is 1.26 bits per heavy atom. The Balaban J connectivity index is 1.63. The van der Waals surface area contributed by atoms with E-state index in [2.05, 4.69) is 5.32 Å². The van der Waals surface area contributed by atoms with Crippen molar-refractivity contribution in [2.75, 3.05) is 5.32 Å². The van der Waals surface area contributed by atoms with Crippen molar-refractivity contribution in [1.29, 1.82) is 0 Å². The van der Waals surface area contributed by atoms with E-state index in [1.54, 1.807) is 35.9 Å². The number of carboxylic acids is 1. The van der Waals surface area contributed by atoms with Gasteiger partial charge in [-0.2, -0.15) is 0 Å². The average molecular weight is 421 g/mol. The number of rotatable bonds is 5.